The lowest BCUT2D eigenvalue weighted by molar-refractivity contribution is -0.113. The van der Waals surface area contributed by atoms with Gasteiger partial charge in [0, 0.05) is 11.7 Å². The highest BCUT2D eigenvalue weighted by Gasteiger charge is 2.26. The van der Waals surface area contributed by atoms with Gasteiger partial charge >= 0.3 is 0 Å². The molecule has 1 aliphatic carbocycles. The Bertz CT molecular complexity index is 649. The molecule has 0 spiro atoms. The zero-order chi connectivity index (χ0) is 16.1. The first-order valence-corrected chi connectivity index (χ1v) is 9.16. The highest BCUT2D eigenvalue weighted by molar-refractivity contribution is 7.99. The number of hydrogen-bond donors (Lipinski definition) is 1. The van der Waals surface area contributed by atoms with Crippen molar-refractivity contribution in [3.8, 4) is 0 Å². The lowest BCUT2D eigenvalue weighted by Crippen LogP contribution is -2.14. The number of benzene rings is 1. The van der Waals surface area contributed by atoms with Gasteiger partial charge in [-0.25, -0.2) is 0 Å². The van der Waals surface area contributed by atoms with Crippen LogP contribution < -0.4 is 5.32 Å². The van der Waals surface area contributed by atoms with Crippen LogP contribution in [-0.4, -0.2) is 26.4 Å². The molecule has 5 nitrogen and oxygen atoms in total. The van der Waals surface area contributed by atoms with Crippen LogP contribution in [0.4, 0.5) is 5.69 Å². The summed E-state index contributed by atoms with van der Waals surface area (Å²) in [5.74, 6) is 0.338. The Morgan fingerprint density at radius 1 is 1.35 bits per heavy atom. The molecule has 23 heavy (non-hydrogen) atoms. The monoisotopic (exact) mass is 330 g/mol. The molecule has 0 radical (unpaired) electrons. The molecular formula is C17H22N4OS. The number of hydrogen-bond acceptors (Lipinski definition) is 4. The summed E-state index contributed by atoms with van der Waals surface area (Å²) in [6, 6.07) is 8.65. The average Bonchev–Trinajstić information content (AvgIpc) is 3.30. The number of unbranched alkanes of at least 4 members (excludes halogenated alkanes) is 1. The van der Waals surface area contributed by atoms with Crippen molar-refractivity contribution in [1.82, 2.24) is 14.8 Å². The molecule has 0 bridgehead atoms. The fraction of sp³-hybridized carbons (Fsp3) is 0.471. The van der Waals surface area contributed by atoms with Gasteiger partial charge in [0.2, 0.25) is 5.91 Å². The molecule has 2 aromatic rings. The van der Waals surface area contributed by atoms with Crippen molar-refractivity contribution >= 4 is 23.4 Å². The van der Waals surface area contributed by atoms with E-state index in [0.29, 0.717) is 11.8 Å². The molecule has 1 N–H and O–H groups in total. The van der Waals surface area contributed by atoms with Gasteiger partial charge in [-0.1, -0.05) is 37.2 Å². The lowest BCUT2D eigenvalue weighted by Gasteiger charge is -2.07. The van der Waals surface area contributed by atoms with Gasteiger partial charge in [-0.2, -0.15) is 0 Å². The summed E-state index contributed by atoms with van der Waals surface area (Å²) < 4.78 is 2.07. The number of nitrogens with zero attached hydrogens (tertiary/aromatic N) is 3. The quantitative estimate of drug-likeness (QED) is 0.750. The van der Waals surface area contributed by atoms with Gasteiger partial charge < -0.3 is 9.88 Å². The van der Waals surface area contributed by atoms with Gasteiger partial charge in [-0.15, -0.1) is 10.2 Å². The van der Waals surface area contributed by atoms with Crippen molar-refractivity contribution in [2.75, 3.05) is 11.1 Å². The number of carbonyl (C=O) groups is 1. The first-order chi connectivity index (χ1) is 11.3. The van der Waals surface area contributed by atoms with Gasteiger partial charge in [0.15, 0.2) is 5.16 Å². The molecular weight excluding hydrogens is 308 g/mol. The molecule has 0 saturated heterocycles. The number of rotatable bonds is 8. The second kappa shape index (κ2) is 7.64. The molecule has 0 aliphatic heterocycles. The summed E-state index contributed by atoms with van der Waals surface area (Å²) in [4.78, 5) is 12.1. The largest absolute Gasteiger partial charge is 0.325 e. The Morgan fingerprint density at radius 3 is 2.83 bits per heavy atom. The van der Waals surface area contributed by atoms with E-state index in [4.69, 9.17) is 0 Å². The van der Waals surface area contributed by atoms with E-state index in [-0.39, 0.29) is 5.91 Å². The number of amides is 1. The Morgan fingerprint density at radius 2 is 2.13 bits per heavy atom. The van der Waals surface area contributed by atoms with Crippen LogP contribution >= 0.6 is 11.8 Å². The zero-order valence-corrected chi connectivity index (χ0v) is 14.2. The van der Waals surface area contributed by atoms with E-state index < -0.39 is 0 Å². The highest BCUT2D eigenvalue weighted by Crippen LogP contribution is 2.37. The summed E-state index contributed by atoms with van der Waals surface area (Å²) in [5, 5.41) is 11.8. The second-order valence-corrected chi connectivity index (χ2v) is 6.83. The van der Waals surface area contributed by atoms with E-state index in [0.717, 1.165) is 17.3 Å². The van der Waals surface area contributed by atoms with Crippen LogP contribution in [0.15, 0.2) is 35.7 Å². The lowest BCUT2D eigenvalue weighted by atomic mass is 10.1. The number of carbonyl (C=O) groups excluding carboxylic acids is 1. The first-order valence-electron chi connectivity index (χ1n) is 8.17. The zero-order valence-electron chi connectivity index (χ0n) is 13.4. The topological polar surface area (TPSA) is 59.8 Å². The van der Waals surface area contributed by atoms with Crippen LogP contribution in [0, 0.1) is 0 Å². The SMILES string of the molecule is CCCCc1ccc(NC(=O)CSc2nncn2C2CC2)cc1. The molecule has 1 aromatic carbocycles. The molecule has 0 unspecified atom stereocenters. The maximum absolute atomic E-state index is 12.1. The summed E-state index contributed by atoms with van der Waals surface area (Å²) in [5.41, 5.74) is 2.16. The van der Waals surface area contributed by atoms with Crippen molar-refractivity contribution in [2.45, 2.75) is 50.2 Å². The normalized spacial score (nSPS) is 14.0. The van der Waals surface area contributed by atoms with Gasteiger partial charge in [0.05, 0.1) is 5.75 Å². The number of nitrogens with one attached hydrogen (secondary N) is 1. The van der Waals surface area contributed by atoms with Crippen molar-refractivity contribution in [2.24, 2.45) is 0 Å². The van der Waals surface area contributed by atoms with Crippen LogP contribution in [0.25, 0.3) is 0 Å². The second-order valence-electron chi connectivity index (χ2n) is 5.89. The van der Waals surface area contributed by atoms with E-state index in [9.17, 15) is 4.79 Å². The third-order valence-electron chi connectivity index (χ3n) is 3.87. The number of anilines is 1. The molecule has 1 fully saturated rings. The van der Waals surface area contributed by atoms with E-state index in [1.807, 2.05) is 12.1 Å². The van der Waals surface area contributed by atoms with E-state index in [2.05, 4.69) is 39.1 Å². The summed E-state index contributed by atoms with van der Waals surface area (Å²) in [6.07, 6.45) is 7.61. The van der Waals surface area contributed by atoms with Crippen molar-refractivity contribution in [3.63, 3.8) is 0 Å². The van der Waals surface area contributed by atoms with Crippen LogP contribution in [0.3, 0.4) is 0 Å². The van der Waals surface area contributed by atoms with Gasteiger partial charge in [0.25, 0.3) is 0 Å². The smallest absolute Gasteiger partial charge is 0.234 e. The van der Waals surface area contributed by atoms with Crippen LogP contribution in [0.2, 0.25) is 0 Å². The minimum atomic E-state index is -0.0124. The van der Waals surface area contributed by atoms with E-state index in [1.54, 1.807) is 6.33 Å². The predicted molar refractivity (Wildman–Crippen MR) is 92.7 cm³/mol. The van der Waals surface area contributed by atoms with Gasteiger partial charge in [-0.3, -0.25) is 4.79 Å². The fourth-order valence-electron chi connectivity index (χ4n) is 2.40. The number of aryl methyl sites for hydroxylation is 1. The Labute approximate surface area is 140 Å². The minimum Gasteiger partial charge on any atom is -0.325 e. The molecule has 1 aliphatic rings. The third kappa shape index (κ3) is 4.58. The summed E-state index contributed by atoms with van der Waals surface area (Å²) in [7, 11) is 0. The predicted octanol–water partition coefficient (Wildman–Crippen LogP) is 3.69. The van der Waals surface area contributed by atoms with Crippen LogP contribution in [0.1, 0.15) is 44.2 Å². The van der Waals surface area contributed by atoms with Crippen molar-refractivity contribution < 1.29 is 4.79 Å². The van der Waals surface area contributed by atoms with Gasteiger partial charge in [0.1, 0.15) is 6.33 Å². The Kier molecular flexibility index (Phi) is 5.33. The number of aromatic nitrogens is 3. The summed E-state index contributed by atoms with van der Waals surface area (Å²) >= 11 is 1.44. The van der Waals surface area contributed by atoms with Crippen LogP contribution in [0.5, 0.6) is 0 Å². The standard InChI is InChI=1S/C17H22N4OS/c1-2-3-4-13-5-7-14(8-6-13)19-16(22)11-23-17-20-18-12-21(17)15-9-10-15/h5-8,12,15H,2-4,9-11H2,1H3,(H,19,22). The maximum Gasteiger partial charge on any atom is 0.234 e. The molecule has 122 valence electrons. The molecule has 3 rings (SSSR count). The molecule has 6 heteroatoms. The van der Waals surface area contributed by atoms with E-state index in [1.165, 1.54) is 43.0 Å². The Balaban J connectivity index is 1.48. The first kappa shape index (κ1) is 16.1. The van der Waals surface area contributed by atoms with Gasteiger partial charge in [-0.05, 0) is 43.4 Å². The third-order valence-corrected chi connectivity index (χ3v) is 4.83. The molecule has 0 atom stereocenters. The minimum absolute atomic E-state index is 0.0124. The maximum atomic E-state index is 12.1. The van der Waals surface area contributed by atoms with Crippen LogP contribution in [-0.2, 0) is 11.2 Å². The molecule has 1 saturated carbocycles. The average molecular weight is 330 g/mol. The molecule has 1 heterocycles. The van der Waals surface area contributed by atoms with Crippen molar-refractivity contribution in [3.05, 3.63) is 36.2 Å². The summed E-state index contributed by atoms with van der Waals surface area (Å²) in [6.45, 7) is 2.19. The fourth-order valence-corrected chi connectivity index (χ4v) is 3.18. The molecule has 1 aromatic heterocycles. The number of thioether (sulfide) groups is 1. The van der Waals surface area contributed by atoms with Crippen molar-refractivity contribution in [1.29, 1.82) is 0 Å². The van der Waals surface area contributed by atoms with E-state index >= 15 is 0 Å². The molecule has 1 amide bonds. The Hall–Kier alpha value is -1.82. The highest BCUT2D eigenvalue weighted by atomic mass is 32.2.